The van der Waals surface area contributed by atoms with Gasteiger partial charge in [0.05, 0.1) is 6.04 Å². The second-order valence-electron chi connectivity index (χ2n) is 3.19. The Labute approximate surface area is 96.3 Å². The minimum absolute atomic E-state index is 0.113. The van der Waals surface area contributed by atoms with Crippen molar-refractivity contribution in [3.8, 4) is 0 Å². The number of imidazole rings is 1. The zero-order valence-corrected chi connectivity index (χ0v) is 9.82. The molecule has 0 radical (unpaired) electrons. The van der Waals surface area contributed by atoms with Crippen molar-refractivity contribution in [2.24, 2.45) is 0 Å². The third-order valence-corrected chi connectivity index (χ3v) is 2.45. The van der Waals surface area contributed by atoms with E-state index in [2.05, 4.69) is 36.2 Å². The maximum absolute atomic E-state index is 4.29. The second kappa shape index (κ2) is 4.44. The minimum atomic E-state index is 0.113. The van der Waals surface area contributed by atoms with Crippen LogP contribution in [-0.4, -0.2) is 15.0 Å². The van der Waals surface area contributed by atoms with Crippen molar-refractivity contribution in [2.45, 2.75) is 13.0 Å². The molecule has 2 heterocycles. The van der Waals surface area contributed by atoms with Gasteiger partial charge in [-0.05, 0) is 35.0 Å². The zero-order valence-electron chi connectivity index (χ0n) is 8.24. The van der Waals surface area contributed by atoms with E-state index in [1.54, 1.807) is 6.20 Å². The van der Waals surface area contributed by atoms with Gasteiger partial charge >= 0.3 is 0 Å². The first-order valence-electron chi connectivity index (χ1n) is 4.64. The largest absolute Gasteiger partial charge is 0.360 e. The molecule has 0 aliphatic carbocycles. The number of rotatable bonds is 3. The molecule has 2 aromatic rings. The van der Waals surface area contributed by atoms with E-state index in [1.807, 2.05) is 31.3 Å². The van der Waals surface area contributed by atoms with E-state index in [1.165, 1.54) is 0 Å². The third kappa shape index (κ3) is 2.56. The molecule has 0 saturated heterocycles. The van der Waals surface area contributed by atoms with Crippen LogP contribution in [0.25, 0.3) is 0 Å². The Bertz CT molecular complexity index is 427. The third-order valence-electron chi connectivity index (χ3n) is 2.01. The maximum atomic E-state index is 4.29. The van der Waals surface area contributed by atoms with E-state index >= 15 is 0 Å². The van der Waals surface area contributed by atoms with Gasteiger partial charge in [-0.3, -0.25) is 0 Å². The van der Waals surface area contributed by atoms with Crippen molar-refractivity contribution >= 4 is 21.7 Å². The highest BCUT2D eigenvalue weighted by molar-refractivity contribution is 9.10. The molecule has 0 aliphatic heterocycles. The number of nitrogens with one attached hydrogen (secondary N) is 2. The molecule has 2 rings (SSSR count). The summed E-state index contributed by atoms with van der Waals surface area (Å²) in [5.41, 5.74) is 0. The lowest BCUT2D eigenvalue weighted by Crippen LogP contribution is -2.09. The van der Waals surface area contributed by atoms with Crippen LogP contribution >= 0.6 is 15.9 Å². The van der Waals surface area contributed by atoms with Gasteiger partial charge in [-0.2, -0.15) is 0 Å². The summed E-state index contributed by atoms with van der Waals surface area (Å²) < 4.78 is 0.819. The molecule has 15 heavy (non-hydrogen) atoms. The van der Waals surface area contributed by atoms with Crippen LogP contribution in [0.3, 0.4) is 0 Å². The molecule has 1 unspecified atom stereocenters. The van der Waals surface area contributed by atoms with Crippen LogP contribution < -0.4 is 5.32 Å². The topological polar surface area (TPSA) is 53.6 Å². The summed E-state index contributed by atoms with van der Waals surface area (Å²) >= 11 is 3.33. The van der Waals surface area contributed by atoms with Crippen LogP contribution in [-0.2, 0) is 0 Å². The van der Waals surface area contributed by atoms with Gasteiger partial charge in [-0.15, -0.1) is 0 Å². The summed E-state index contributed by atoms with van der Waals surface area (Å²) in [4.78, 5) is 11.5. The average molecular weight is 267 g/mol. The van der Waals surface area contributed by atoms with Crippen molar-refractivity contribution in [1.82, 2.24) is 15.0 Å². The van der Waals surface area contributed by atoms with Crippen LogP contribution in [0.5, 0.6) is 0 Å². The van der Waals surface area contributed by atoms with Gasteiger partial charge in [0.15, 0.2) is 0 Å². The quantitative estimate of drug-likeness (QED) is 0.841. The molecule has 0 fully saturated rings. The van der Waals surface area contributed by atoms with Crippen molar-refractivity contribution in [1.29, 1.82) is 0 Å². The van der Waals surface area contributed by atoms with Gasteiger partial charge in [0, 0.05) is 12.4 Å². The number of aromatic nitrogens is 3. The van der Waals surface area contributed by atoms with Gasteiger partial charge in [0.1, 0.15) is 16.2 Å². The maximum Gasteiger partial charge on any atom is 0.128 e. The molecule has 0 aliphatic rings. The molecular formula is C10H11BrN4. The van der Waals surface area contributed by atoms with Crippen LogP contribution in [0.4, 0.5) is 5.82 Å². The van der Waals surface area contributed by atoms with Gasteiger partial charge in [0.2, 0.25) is 0 Å². The molecule has 0 amide bonds. The van der Waals surface area contributed by atoms with E-state index in [9.17, 15) is 0 Å². The molecule has 4 nitrogen and oxygen atoms in total. The number of H-pyrrole nitrogens is 1. The number of aromatic amines is 1. The number of anilines is 1. The van der Waals surface area contributed by atoms with Crippen LogP contribution in [0.1, 0.15) is 18.8 Å². The lowest BCUT2D eigenvalue weighted by Gasteiger charge is -2.11. The summed E-state index contributed by atoms with van der Waals surface area (Å²) in [6.45, 7) is 2.03. The molecule has 0 bridgehead atoms. The van der Waals surface area contributed by atoms with Gasteiger partial charge < -0.3 is 10.3 Å². The highest BCUT2D eigenvalue weighted by Crippen LogP contribution is 2.16. The molecular weight excluding hydrogens is 256 g/mol. The van der Waals surface area contributed by atoms with Crippen LogP contribution in [0.2, 0.25) is 0 Å². The number of pyridine rings is 1. The van der Waals surface area contributed by atoms with E-state index in [0.717, 1.165) is 16.2 Å². The van der Waals surface area contributed by atoms with E-state index in [0.29, 0.717) is 0 Å². The van der Waals surface area contributed by atoms with E-state index in [4.69, 9.17) is 0 Å². The first-order chi connectivity index (χ1) is 7.25. The summed E-state index contributed by atoms with van der Waals surface area (Å²) in [6, 6.07) is 5.86. The predicted octanol–water partition coefficient (Wildman–Crippen LogP) is 2.74. The fourth-order valence-corrected chi connectivity index (χ4v) is 1.64. The number of hydrogen-bond donors (Lipinski definition) is 2. The van der Waals surface area contributed by atoms with Crippen molar-refractivity contribution in [2.75, 3.05) is 5.32 Å². The monoisotopic (exact) mass is 266 g/mol. The lowest BCUT2D eigenvalue weighted by molar-refractivity contribution is 0.803. The summed E-state index contributed by atoms with van der Waals surface area (Å²) in [6.07, 6.45) is 3.55. The molecule has 1 atom stereocenters. The standard InChI is InChI=1S/C10H11BrN4/c1-7(10-12-5-6-13-10)14-9-4-2-3-8(11)15-9/h2-7H,1H3,(H,12,13)(H,14,15). The highest BCUT2D eigenvalue weighted by atomic mass is 79.9. The van der Waals surface area contributed by atoms with Gasteiger partial charge in [-0.1, -0.05) is 6.07 Å². The molecule has 0 aromatic carbocycles. The van der Waals surface area contributed by atoms with E-state index < -0.39 is 0 Å². The molecule has 0 spiro atoms. The molecule has 2 aromatic heterocycles. The molecule has 78 valence electrons. The van der Waals surface area contributed by atoms with Crippen molar-refractivity contribution < 1.29 is 0 Å². The fourth-order valence-electron chi connectivity index (χ4n) is 1.29. The Balaban J connectivity index is 2.09. The van der Waals surface area contributed by atoms with Gasteiger partial charge in [-0.25, -0.2) is 9.97 Å². The Morgan fingerprint density at radius 1 is 1.47 bits per heavy atom. The fraction of sp³-hybridized carbons (Fsp3) is 0.200. The Morgan fingerprint density at radius 3 is 3.00 bits per heavy atom. The Kier molecular flexibility index (Phi) is 3.01. The normalized spacial score (nSPS) is 12.4. The molecule has 2 N–H and O–H groups in total. The van der Waals surface area contributed by atoms with Crippen LogP contribution in [0.15, 0.2) is 35.2 Å². The SMILES string of the molecule is CC(Nc1cccc(Br)n1)c1ncc[nH]1. The number of nitrogens with zero attached hydrogens (tertiary/aromatic N) is 2. The first kappa shape index (κ1) is 10.2. The lowest BCUT2D eigenvalue weighted by atomic mass is 10.3. The van der Waals surface area contributed by atoms with Crippen LogP contribution in [0, 0.1) is 0 Å². The van der Waals surface area contributed by atoms with Gasteiger partial charge in [0.25, 0.3) is 0 Å². The smallest absolute Gasteiger partial charge is 0.128 e. The number of hydrogen-bond acceptors (Lipinski definition) is 3. The second-order valence-corrected chi connectivity index (χ2v) is 4.00. The minimum Gasteiger partial charge on any atom is -0.360 e. The Hall–Kier alpha value is -1.36. The predicted molar refractivity (Wildman–Crippen MR) is 62.6 cm³/mol. The van der Waals surface area contributed by atoms with Crippen molar-refractivity contribution in [3.63, 3.8) is 0 Å². The molecule has 5 heteroatoms. The highest BCUT2D eigenvalue weighted by Gasteiger charge is 2.07. The zero-order chi connectivity index (χ0) is 10.7. The summed E-state index contributed by atoms with van der Waals surface area (Å²) in [7, 11) is 0. The Morgan fingerprint density at radius 2 is 2.33 bits per heavy atom. The average Bonchev–Trinajstić information content (AvgIpc) is 2.70. The van der Waals surface area contributed by atoms with E-state index in [-0.39, 0.29) is 6.04 Å². The summed E-state index contributed by atoms with van der Waals surface area (Å²) in [5, 5.41) is 3.25. The first-order valence-corrected chi connectivity index (χ1v) is 5.43. The number of halogens is 1. The summed E-state index contributed by atoms with van der Waals surface area (Å²) in [5.74, 6) is 1.73. The molecule has 0 saturated carbocycles. The van der Waals surface area contributed by atoms with Crippen molar-refractivity contribution in [3.05, 3.63) is 41.0 Å².